The van der Waals surface area contributed by atoms with Gasteiger partial charge in [-0.2, -0.15) is 0 Å². The average Bonchev–Trinajstić information content (AvgIpc) is 2.63. The zero-order chi connectivity index (χ0) is 14.7. The van der Waals surface area contributed by atoms with Crippen LogP contribution in [0.5, 0.6) is 0 Å². The maximum absolute atomic E-state index is 13.1. The van der Waals surface area contributed by atoms with Crippen molar-refractivity contribution in [2.45, 2.75) is 25.7 Å². The van der Waals surface area contributed by atoms with Crippen molar-refractivity contribution in [3.8, 4) is 0 Å². The van der Waals surface area contributed by atoms with Crippen LogP contribution in [0, 0.1) is 5.82 Å². The molecule has 1 heterocycles. The number of nitrogens with zero attached hydrogens (tertiary/aromatic N) is 1. The summed E-state index contributed by atoms with van der Waals surface area (Å²) in [6.45, 7) is 0.336. The largest absolute Gasteiger partial charge is 0.481 e. The molecule has 1 amide bonds. The topological polar surface area (TPSA) is 74.7 Å². The van der Waals surface area contributed by atoms with E-state index < -0.39 is 23.5 Å². The van der Waals surface area contributed by atoms with Crippen molar-refractivity contribution in [3.63, 3.8) is 0 Å². The molecule has 0 unspecified atom stereocenters. The van der Waals surface area contributed by atoms with E-state index in [9.17, 15) is 18.8 Å². The molecule has 106 valence electrons. The molecule has 0 saturated carbocycles. The van der Waals surface area contributed by atoms with Crippen molar-refractivity contribution in [1.29, 1.82) is 0 Å². The number of hydrogen-bond acceptors (Lipinski definition) is 3. The summed E-state index contributed by atoms with van der Waals surface area (Å²) in [5.41, 5.74) is 0.528. The van der Waals surface area contributed by atoms with Crippen LogP contribution in [0.15, 0.2) is 18.2 Å². The lowest BCUT2D eigenvalue weighted by Crippen LogP contribution is -2.30. The van der Waals surface area contributed by atoms with Crippen molar-refractivity contribution in [2.24, 2.45) is 0 Å². The molecule has 0 atom stereocenters. The molecule has 0 bridgehead atoms. The minimum absolute atomic E-state index is 0.0919. The zero-order valence-corrected chi connectivity index (χ0v) is 10.8. The molecule has 0 aromatic heterocycles. The van der Waals surface area contributed by atoms with Crippen molar-refractivity contribution in [3.05, 3.63) is 29.6 Å². The molecular formula is C14H14FNO4. The van der Waals surface area contributed by atoms with Gasteiger partial charge in [-0.25, -0.2) is 4.39 Å². The lowest BCUT2D eigenvalue weighted by atomic mass is 10.1. The number of amides is 1. The Labute approximate surface area is 115 Å². The third kappa shape index (κ3) is 2.84. The van der Waals surface area contributed by atoms with Crippen LogP contribution in [0.1, 0.15) is 36.0 Å². The summed E-state index contributed by atoms with van der Waals surface area (Å²) in [7, 11) is 0. The summed E-state index contributed by atoms with van der Waals surface area (Å²) in [5.74, 6) is -2.74. The first-order valence-corrected chi connectivity index (χ1v) is 6.38. The van der Waals surface area contributed by atoms with E-state index in [1.807, 2.05) is 0 Å². The van der Waals surface area contributed by atoms with Gasteiger partial charge >= 0.3 is 5.97 Å². The van der Waals surface area contributed by atoms with E-state index in [1.165, 1.54) is 17.0 Å². The molecule has 1 aromatic rings. The number of benzene rings is 1. The quantitative estimate of drug-likeness (QED) is 0.638. The molecule has 1 aliphatic rings. The Hall–Kier alpha value is -2.24. The minimum Gasteiger partial charge on any atom is -0.481 e. The molecule has 0 saturated heterocycles. The SMILES string of the molecule is O=C(O)CCCCCN1C(=O)C(=O)c2cc(F)ccc21. The first-order chi connectivity index (χ1) is 9.50. The second-order valence-corrected chi connectivity index (χ2v) is 4.65. The normalized spacial score (nSPS) is 13.8. The Bertz CT molecular complexity index is 570. The molecule has 1 aliphatic heterocycles. The van der Waals surface area contributed by atoms with E-state index in [0.717, 1.165) is 6.07 Å². The first-order valence-electron chi connectivity index (χ1n) is 6.38. The molecule has 1 aromatic carbocycles. The number of anilines is 1. The number of carbonyl (C=O) groups is 3. The van der Waals surface area contributed by atoms with Gasteiger partial charge in [0, 0.05) is 13.0 Å². The number of hydrogen-bond donors (Lipinski definition) is 1. The third-order valence-corrected chi connectivity index (χ3v) is 3.21. The minimum atomic E-state index is -0.849. The molecule has 2 rings (SSSR count). The standard InChI is InChI=1S/C14H14FNO4/c15-9-5-6-11-10(8-9)13(19)14(20)16(11)7-3-1-2-4-12(17)18/h5-6,8H,1-4,7H2,(H,17,18). The highest BCUT2D eigenvalue weighted by atomic mass is 19.1. The Morgan fingerprint density at radius 3 is 2.65 bits per heavy atom. The fourth-order valence-electron chi connectivity index (χ4n) is 2.22. The molecule has 20 heavy (non-hydrogen) atoms. The molecule has 0 fully saturated rings. The smallest absolute Gasteiger partial charge is 0.303 e. The van der Waals surface area contributed by atoms with Crippen LogP contribution in [-0.2, 0) is 9.59 Å². The molecule has 0 spiro atoms. The molecule has 1 N–H and O–H groups in total. The zero-order valence-electron chi connectivity index (χ0n) is 10.8. The van der Waals surface area contributed by atoms with E-state index >= 15 is 0 Å². The highest BCUT2D eigenvalue weighted by Crippen LogP contribution is 2.29. The van der Waals surface area contributed by atoms with Gasteiger partial charge in [-0.3, -0.25) is 14.4 Å². The first kappa shape index (κ1) is 14.2. The summed E-state index contributed by atoms with van der Waals surface area (Å²) in [5, 5.41) is 8.51. The van der Waals surface area contributed by atoms with Crippen LogP contribution in [0.4, 0.5) is 10.1 Å². The van der Waals surface area contributed by atoms with E-state index in [2.05, 4.69) is 0 Å². The third-order valence-electron chi connectivity index (χ3n) is 3.21. The second-order valence-electron chi connectivity index (χ2n) is 4.65. The number of halogens is 1. The molecule has 5 nitrogen and oxygen atoms in total. The van der Waals surface area contributed by atoms with Gasteiger partial charge in [-0.05, 0) is 31.0 Å². The Morgan fingerprint density at radius 2 is 1.95 bits per heavy atom. The summed E-state index contributed by atoms with van der Waals surface area (Å²) >= 11 is 0. The molecular weight excluding hydrogens is 265 g/mol. The van der Waals surface area contributed by atoms with Crippen LogP contribution in [0.25, 0.3) is 0 Å². The number of Topliss-reactive ketones (excluding diaryl/α,β-unsaturated/α-hetero) is 1. The van der Waals surface area contributed by atoms with E-state index in [0.29, 0.717) is 31.5 Å². The number of unbranched alkanes of at least 4 members (excludes halogenated alkanes) is 2. The predicted octanol–water partition coefficient (Wildman–Crippen LogP) is 2.00. The van der Waals surface area contributed by atoms with Gasteiger partial charge in [0.2, 0.25) is 0 Å². The van der Waals surface area contributed by atoms with Crippen LogP contribution < -0.4 is 4.90 Å². The van der Waals surface area contributed by atoms with Gasteiger partial charge in [0.1, 0.15) is 5.82 Å². The number of carboxylic acids is 1. The average molecular weight is 279 g/mol. The predicted molar refractivity (Wildman–Crippen MR) is 69.2 cm³/mol. The Kier molecular flexibility index (Phi) is 4.12. The van der Waals surface area contributed by atoms with Crippen LogP contribution in [-0.4, -0.2) is 29.3 Å². The highest BCUT2D eigenvalue weighted by molar-refractivity contribution is 6.52. The van der Waals surface area contributed by atoms with E-state index in [-0.39, 0.29) is 12.0 Å². The summed E-state index contributed by atoms with van der Waals surface area (Å²) in [6.07, 6.45) is 1.88. The summed E-state index contributed by atoms with van der Waals surface area (Å²) in [4.78, 5) is 35.2. The van der Waals surface area contributed by atoms with Gasteiger partial charge in [0.05, 0.1) is 11.3 Å². The fourth-order valence-corrected chi connectivity index (χ4v) is 2.22. The van der Waals surface area contributed by atoms with Gasteiger partial charge in [-0.1, -0.05) is 6.42 Å². The van der Waals surface area contributed by atoms with Gasteiger partial charge in [0.15, 0.2) is 0 Å². The second kappa shape index (κ2) is 5.81. The van der Waals surface area contributed by atoms with Gasteiger partial charge in [-0.15, -0.1) is 0 Å². The van der Waals surface area contributed by atoms with Crippen LogP contribution in [0.2, 0.25) is 0 Å². The molecule has 0 radical (unpaired) electrons. The van der Waals surface area contributed by atoms with Crippen LogP contribution in [0.3, 0.4) is 0 Å². The summed E-state index contributed by atoms with van der Waals surface area (Å²) in [6, 6.07) is 3.70. The number of carbonyl (C=O) groups excluding carboxylic acids is 2. The van der Waals surface area contributed by atoms with Crippen molar-refractivity contribution < 1.29 is 23.9 Å². The maximum Gasteiger partial charge on any atom is 0.303 e. The van der Waals surface area contributed by atoms with Crippen molar-refractivity contribution >= 4 is 23.3 Å². The van der Waals surface area contributed by atoms with Gasteiger partial charge < -0.3 is 10.0 Å². The fraction of sp³-hybridized carbons (Fsp3) is 0.357. The summed E-state index contributed by atoms with van der Waals surface area (Å²) < 4.78 is 13.1. The van der Waals surface area contributed by atoms with Gasteiger partial charge in [0.25, 0.3) is 11.7 Å². The maximum atomic E-state index is 13.1. The lowest BCUT2D eigenvalue weighted by molar-refractivity contribution is -0.137. The Balaban J connectivity index is 1.98. The van der Waals surface area contributed by atoms with Crippen molar-refractivity contribution in [1.82, 2.24) is 0 Å². The lowest BCUT2D eigenvalue weighted by Gasteiger charge is -2.16. The number of carboxylic acid groups (broad SMARTS) is 1. The monoisotopic (exact) mass is 279 g/mol. The number of aliphatic carboxylic acids is 1. The number of ketones is 1. The number of rotatable bonds is 6. The van der Waals surface area contributed by atoms with Crippen molar-refractivity contribution in [2.75, 3.05) is 11.4 Å². The highest BCUT2D eigenvalue weighted by Gasteiger charge is 2.35. The number of fused-ring (bicyclic) bond motifs is 1. The molecule has 0 aliphatic carbocycles. The van der Waals surface area contributed by atoms with Crippen LogP contribution >= 0.6 is 0 Å². The van der Waals surface area contributed by atoms with E-state index in [1.54, 1.807) is 0 Å². The Morgan fingerprint density at radius 1 is 1.20 bits per heavy atom. The van der Waals surface area contributed by atoms with E-state index in [4.69, 9.17) is 5.11 Å². The molecule has 6 heteroatoms.